The average molecular weight is 371 g/mol. The van der Waals surface area contributed by atoms with Crippen LogP contribution in [-0.2, 0) is 4.79 Å². The van der Waals surface area contributed by atoms with Crippen LogP contribution >= 0.6 is 11.8 Å². The van der Waals surface area contributed by atoms with Gasteiger partial charge < -0.3 is 14.9 Å². The van der Waals surface area contributed by atoms with E-state index in [0.29, 0.717) is 6.54 Å². The van der Waals surface area contributed by atoms with E-state index in [0.717, 1.165) is 51.7 Å². The molecular formula is C21H26N2O2S. The van der Waals surface area contributed by atoms with Crippen molar-refractivity contribution in [3.63, 3.8) is 0 Å². The highest BCUT2D eigenvalue weighted by atomic mass is 32.2. The Morgan fingerprint density at radius 3 is 3.04 bits per heavy atom. The molecule has 1 aromatic rings. The smallest absolute Gasteiger partial charge is 0.307 e. The number of benzene rings is 1. The molecule has 138 valence electrons. The molecule has 0 spiro atoms. The Balaban J connectivity index is 1.43. The molecule has 1 atom stereocenters. The number of aliphatic carboxylic acids is 1. The summed E-state index contributed by atoms with van der Waals surface area (Å²) in [5.74, 6) is -0.825. The van der Waals surface area contributed by atoms with E-state index in [4.69, 9.17) is 0 Å². The highest BCUT2D eigenvalue weighted by Gasteiger charge is 2.27. The van der Waals surface area contributed by atoms with Crippen molar-refractivity contribution in [1.29, 1.82) is 0 Å². The first-order valence-corrected chi connectivity index (χ1v) is 10.4. The number of para-hydroxylation sites is 1. The summed E-state index contributed by atoms with van der Waals surface area (Å²) < 4.78 is 0. The topological polar surface area (TPSA) is 43.8 Å². The van der Waals surface area contributed by atoms with Crippen LogP contribution in [0.4, 0.5) is 5.69 Å². The van der Waals surface area contributed by atoms with E-state index in [1.165, 1.54) is 21.2 Å². The number of carbonyl (C=O) groups is 1. The first kappa shape index (κ1) is 17.7. The Bertz CT molecular complexity index is 743. The largest absolute Gasteiger partial charge is 0.481 e. The zero-order valence-corrected chi connectivity index (χ0v) is 15.9. The quantitative estimate of drug-likeness (QED) is 0.835. The number of allylic oxidation sites excluding steroid dienone is 3. The number of fused-ring (bicyclic) bond motifs is 1. The van der Waals surface area contributed by atoms with Crippen molar-refractivity contribution >= 4 is 23.4 Å². The van der Waals surface area contributed by atoms with Gasteiger partial charge in [-0.25, -0.2) is 0 Å². The number of likely N-dealkylation sites (tertiary alicyclic amines) is 1. The van der Waals surface area contributed by atoms with Crippen LogP contribution in [0.2, 0.25) is 0 Å². The van der Waals surface area contributed by atoms with E-state index in [1.54, 1.807) is 0 Å². The number of carboxylic acids is 1. The molecule has 4 rings (SSSR count). The minimum Gasteiger partial charge on any atom is -0.481 e. The number of hydrogen-bond acceptors (Lipinski definition) is 4. The van der Waals surface area contributed by atoms with E-state index in [2.05, 4.69) is 46.2 Å². The molecule has 4 nitrogen and oxygen atoms in total. The van der Waals surface area contributed by atoms with Crippen LogP contribution in [0.15, 0.2) is 51.9 Å². The van der Waals surface area contributed by atoms with Gasteiger partial charge >= 0.3 is 5.97 Å². The summed E-state index contributed by atoms with van der Waals surface area (Å²) in [7, 11) is 0. The number of anilines is 1. The highest BCUT2D eigenvalue weighted by molar-refractivity contribution is 8.03. The first-order chi connectivity index (χ1) is 12.7. The Hall–Kier alpha value is -1.72. The van der Waals surface area contributed by atoms with E-state index < -0.39 is 5.97 Å². The lowest BCUT2D eigenvalue weighted by Crippen LogP contribution is -2.40. The van der Waals surface area contributed by atoms with E-state index in [1.807, 2.05) is 11.8 Å². The van der Waals surface area contributed by atoms with Crippen LogP contribution < -0.4 is 4.90 Å². The molecule has 3 aliphatic rings. The summed E-state index contributed by atoms with van der Waals surface area (Å²) in [6.07, 6.45) is 9.66. The molecule has 0 radical (unpaired) electrons. The lowest BCUT2D eigenvalue weighted by Gasteiger charge is -2.37. The van der Waals surface area contributed by atoms with Crippen molar-refractivity contribution in [2.75, 3.05) is 31.1 Å². The van der Waals surface area contributed by atoms with Crippen molar-refractivity contribution < 1.29 is 9.90 Å². The number of hydrogen-bond donors (Lipinski definition) is 1. The van der Waals surface area contributed by atoms with Gasteiger partial charge in [-0.1, -0.05) is 36.0 Å². The minimum absolute atomic E-state index is 0.186. The lowest BCUT2D eigenvalue weighted by atomic mass is 9.98. The van der Waals surface area contributed by atoms with Gasteiger partial charge in [0.1, 0.15) is 0 Å². The summed E-state index contributed by atoms with van der Waals surface area (Å²) in [5.41, 5.74) is 2.78. The molecule has 1 N–H and O–H groups in total. The lowest BCUT2D eigenvalue weighted by molar-refractivity contribution is -0.143. The summed E-state index contributed by atoms with van der Waals surface area (Å²) in [5, 5.41) is 9.27. The maximum Gasteiger partial charge on any atom is 0.307 e. The second-order valence-electron chi connectivity index (χ2n) is 7.30. The van der Waals surface area contributed by atoms with Crippen LogP contribution in [0.5, 0.6) is 0 Å². The van der Waals surface area contributed by atoms with Crippen LogP contribution in [0.25, 0.3) is 0 Å². The zero-order chi connectivity index (χ0) is 17.9. The fourth-order valence-electron chi connectivity index (χ4n) is 4.19. The molecule has 2 heterocycles. The molecule has 1 aromatic carbocycles. The van der Waals surface area contributed by atoms with Gasteiger partial charge in [-0.3, -0.25) is 4.79 Å². The van der Waals surface area contributed by atoms with Crippen molar-refractivity contribution in [3.05, 3.63) is 47.0 Å². The van der Waals surface area contributed by atoms with Gasteiger partial charge in [0, 0.05) is 28.6 Å². The van der Waals surface area contributed by atoms with Crippen molar-refractivity contribution in [2.24, 2.45) is 5.92 Å². The molecule has 0 bridgehead atoms. The standard InChI is InChI=1S/C21H26N2O2S/c24-21(25)16-7-5-12-22(15-16)13-6-14-23-17-8-1-3-10-19(17)26-20-11-4-2-9-18(20)23/h1,3-4,8,10-11,16H,2,5-7,9,12-15H2,(H,24,25)/t16-/m1/s1. The molecule has 1 fully saturated rings. The Morgan fingerprint density at radius 1 is 1.27 bits per heavy atom. The second-order valence-corrected chi connectivity index (χ2v) is 8.39. The van der Waals surface area contributed by atoms with Gasteiger partial charge in [0.15, 0.2) is 0 Å². The normalized spacial score (nSPS) is 22.9. The van der Waals surface area contributed by atoms with E-state index in [-0.39, 0.29) is 5.92 Å². The van der Waals surface area contributed by atoms with Gasteiger partial charge in [-0.2, -0.15) is 0 Å². The summed E-state index contributed by atoms with van der Waals surface area (Å²) in [6, 6.07) is 8.67. The molecular weight excluding hydrogens is 344 g/mol. The van der Waals surface area contributed by atoms with E-state index in [9.17, 15) is 9.90 Å². The monoisotopic (exact) mass is 370 g/mol. The molecule has 0 amide bonds. The van der Waals surface area contributed by atoms with Gasteiger partial charge in [0.2, 0.25) is 0 Å². The average Bonchev–Trinajstić information content (AvgIpc) is 2.67. The maximum absolute atomic E-state index is 11.3. The van der Waals surface area contributed by atoms with E-state index >= 15 is 0 Å². The number of nitrogens with zero attached hydrogens (tertiary/aromatic N) is 2. The maximum atomic E-state index is 11.3. The fourth-order valence-corrected chi connectivity index (χ4v) is 5.35. The van der Waals surface area contributed by atoms with Crippen LogP contribution in [-0.4, -0.2) is 42.2 Å². The predicted octanol–water partition coefficient (Wildman–Crippen LogP) is 4.35. The minimum atomic E-state index is -0.638. The summed E-state index contributed by atoms with van der Waals surface area (Å²) in [6.45, 7) is 3.72. The van der Waals surface area contributed by atoms with Crippen LogP contribution in [0, 0.1) is 5.92 Å². The summed E-state index contributed by atoms with van der Waals surface area (Å²) in [4.78, 5) is 18.8. The molecule has 1 aliphatic carbocycles. The Labute approximate surface area is 159 Å². The van der Waals surface area contributed by atoms with Crippen molar-refractivity contribution in [1.82, 2.24) is 4.90 Å². The van der Waals surface area contributed by atoms with Crippen molar-refractivity contribution in [3.8, 4) is 0 Å². The molecule has 0 unspecified atom stereocenters. The Kier molecular flexibility index (Phi) is 5.36. The Morgan fingerprint density at radius 2 is 2.15 bits per heavy atom. The van der Waals surface area contributed by atoms with Crippen LogP contribution in [0.1, 0.15) is 32.1 Å². The summed E-state index contributed by atoms with van der Waals surface area (Å²) >= 11 is 1.89. The third kappa shape index (κ3) is 3.69. The third-order valence-corrected chi connectivity index (χ3v) is 6.67. The highest BCUT2D eigenvalue weighted by Crippen LogP contribution is 2.46. The molecule has 1 saturated heterocycles. The number of carboxylic acid groups (broad SMARTS) is 1. The zero-order valence-electron chi connectivity index (χ0n) is 15.1. The molecule has 2 aliphatic heterocycles. The van der Waals surface area contributed by atoms with Gasteiger partial charge in [-0.05, 0) is 57.3 Å². The molecule has 5 heteroatoms. The SMILES string of the molecule is O=C(O)[C@@H]1CCCN(CCCN2C3=C(C=CCC3)Sc3ccccc32)C1. The predicted molar refractivity (Wildman–Crippen MR) is 106 cm³/mol. The number of rotatable bonds is 5. The van der Waals surface area contributed by atoms with Gasteiger partial charge in [0.25, 0.3) is 0 Å². The molecule has 0 saturated carbocycles. The molecule has 26 heavy (non-hydrogen) atoms. The second kappa shape index (κ2) is 7.89. The first-order valence-electron chi connectivity index (χ1n) is 9.61. The third-order valence-electron chi connectivity index (χ3n) is 5.51. The fraction of sp³-hybridized carbons (Fsp3) is 0.476. The van der Waals surface area contributed by atoms with Gasteiger partial charge in [-0.15, -0.1) is 0 Å². The van der Waals surface area contributed by atoms with Gasteiger partial charge in [0.05, 0.1) is 11.6 Å². The molecule has 0 aromatic heterocycles. The van der Waals surface area contributed by atoms with Crippen LogP contribution in [0.3, 0.4) is 0 Å². The number of thioether (sulfide) groups is 1. The number of piperidine rings is 1. The van der Waals surface area contributed by atoms with Crippen molar-refractivity contribution in [2.45, 2.75) is 37.0 Å².